The van der Waals surface area contributed by atoms with Crippen molar-refractivity contribution in [3.8, 4) is 11.1 Å². The number of likely N-dealkylation sites (tertiary alicyclic amines) is 1. The average Bonchev–Trinajstić information content (AvgIpc) is 3.84. The molecule has 6 nitrogen and oxygen atoms in total. The number of nitrogens with one attached hydrogen (secondary N) is 1. The third-order valence-corrected chi connectivity index (χ3v) is 8.48. The van der Waals surface area contributed by atoms with Crippen LogP contribution in [-0.2, 0) is 13.0 Å². The number of hydrogen-bond acceptors (Lipinski definition) is 4. The van der Waals surface area contributed by atoms with Crippen LogP contribution in [0.4, 0.5) is 4.39 Å². The number of rotatable bonds is 8. The molecule has 38 heavy (non-hydrogen) atoms. The number of benzene rings is 2. The van der Waals surface area contributed by atoms with Gasteiger partial charge in [-0.25, -0.2) is 4.39 Å². The van der Waals surface area contributed by atoms with Crippen LogP contribution in [0.2, 0.25) is 0 Å². The minimum Gasteiger partial charge on any atom is -0.349 e. The van der Waals surface area contributed by atoms with E-state index in [4.69, 9.17) is 5.73 Å². The largest absolute Gasteiger partial charge is 0.349 e. The van der Waals surface area contributed by atoms with Gasteiger partial charge >= 0.3 is 0 Å². The van der Waals surface area contributed by atoms with E-state index >= 15 is 0 Å². The summed E-state index contributed by atoms with van der Waals surface area (Å²) < 4.78 is 16.9. The number of amides is 1. The Morgan fingerprint density at radius 2 is 1.82 bits per heavy atom. The fraction of sp³-hybridized carbons (Fsp3) is 0.484. The maximum Gasteiger partial charge on any atom is 0.258 e. The summed E-state index contributed by atoms with van der Waals surface area (Å²) in [5.74, 6) is -0.0405. The smallest absolute Gasteiger partial charge is 0.258 e. The number of nitrogens with two attached hydrogens (primary N) is 1. The molecule has 2 aliphatic carbocycles. The van der Waals surface area contributed by atoms with Crippen LogP contribution in [0, 0.1) is 18.7 Å². The number of fused-ring (bicyclic) bond motifs is 1. The molecule has 3 aromatic rings. The van der Waals surface area contributed by atoms with Crippen molar-refractivity contribution in [1.82, 2.24) is 14.8 Å². The average molecular weight is 517 g/mol. The summed E-state index contributed by atoms with van der Waals surface area (Å²) in [5, 5.41) is 4.58. The Kier molecular flexibility index (Phi) is 6.82. The number of piperidine rings is 1. The van der Waals surface area contributed by atoms with Crippen LogP contribution in [0.15, 0.2) is 41.3 Å². The van der Waals surface area contributed by atoms with Crippen molar-refractivity contribution in [1.29, 1.82) is 0 Å². The molecule has 200 valence electrons. The van der Waals surface area contributed by atoms with Gasteiger partial charge in [0, 0.05) is 42.3 Å². The van der Waals surface area contributed by atoms with Crippen molar-refractivity contribution in [2.24, 2.45) is 11.7 Å². The van der Waals surface area contributed by atoms with Crippen LogP contribution in [0.25, 0.3) is 21.9 Å². The lowest BCUT2D eigenvalue weighted by Gasteiger charge is -2.30. The maximum atomic E-state index is 15.0. The lowest BCUT2D eigenvalue weighted by molar-refractivity contribution is 0.0950. The molecule has 0 radical (unpaired) electrons. The molecule has 3 N–H and O–H groups in total. The first-order chi connectivity index (χ1) is 18.4. The van der Waals surface area contributed by atoms with Gasteiger partial charge in [0.15, 0.2) is 0 Å². The second-order valence-electron chi connectivity index (χ2n) is 11.6. The van der Waals surface area contributed by atoms with E-state index in [1.807, 2.05) is 22.8 Å². The molecule has 0 bridgehead atoms. The predicted molar refractivity (Wildman–Crippen MR) is 149 cm³/mol. The monoisotopic (exact) mass is 516 g/mol. The van der Waals surface area contributed by atoms with Crippen molar-refractivity contribution < 1.29 is 9.18 Å². The highest BCUT2D eigenvalue weighted by Gasteiger charge is 2.26. The summed E-state index contributed by atoms with van der Waals surface area (Å²) in [7, 11) is 0. The number of carbonyl (C=O) groups excluding carboxylic acids is 1. The van der Waals surface area contributed by atoms with Gasteiger partial charge in [-0.15, -0.1) is 0 Å². The quantitative estimate of drug-likeness (QED) is 0.466. The second kappa shape index (κ2) is 10.3. The van der Waals surface area contributed by atoms with Crippen LogP contribution >= 0.6 is 0 Å². The van der Waals surface area contributed by atoms with Crippen molar-refractivity contribution >= 4 is 16.7 Å². The van der Waals surface area contributed by atoms with Crippen LogP contribution < -0.4 is 16.6 Å². The lowest BCUT2D eigenvalue weighted by atomic mass is 9.94. The molecule has 3 aliphatic rings. The molecule has 0 spiro atoms. The lowest BCUT2D eigenvalue weighted by Crippen LogP contribution is -2.40. The molecule has 1 aliphatic heterocycles. The van der Waals surface area contributed by atoms with Gasteiger partial charge in [0.1, 0.15) is 5.82 Å². The van der Waals surface area contributed by atoms with E-state index in [1.165, 1.54) is 18.9 Å². The topological polar surface area (TPSA) is 80.4 Å². The standard InChI is InChI=1S/C31H37FN4O2/c1-19-27(15-23(16-29(19)32)30(37)34-25-5-6-25)21-4-7-26-28(14-21)22(8-11-35-12-9-24(33)10-13-35)18-36(31(26)38)17-20-2-3-20/h4,7,14-16,18,20,24-25H,2-3,5-6,8-13,17,33H2,1H3,(H,34,37). The molecule has 2 heterocycles. The van der Waals surface area contributed by atoms with E-state index < -0.39 is 5.82 Å². The number of aromatic nitrogens is 1. The molecule has 0 atom stereocenters. The highest BCUT2D eigenvalue weighted by atomic mass is 19.1. The van der Waals surface area contributed by atoms with Crippen LogP contribution in [-0.4, -0.2) is 47.1 Å². The fourth-order valence-corrected chi connectivity index (χ4v) is 5.61. The molecular formula is C31H37FN4O2. The number of carbonyl (C=O) groups is 1. The summed E-state index contributed by atoms with van der Waals surface area (Å²) in [6, 6.07) is 9.39. The van der Waals surface area contributed by atoms with Gasteiger partial charge in [-0.3, -0.25) is 9.59 Å². The van der Waals surface area contributed by atoms with Crippen molar-refractivity contribution in [2.45, 2.75) is 70.5 Å². The van der Waals surface area contributed by atoms with Crippen molar-refractivity contribution in [2.75, 3.05) is 19.6 Å². The molecule has 2 aromatic carbocycles. The van der Waals surface area contributed by atoms with E-state index in [2.05, 4.69) is 16.4 Å². The Morgan fingerprint density at radius 3 is 2.53 bits per heavy atom. The zero-order chi connectivity index (χ0) is 26.4. The van der Waals surface area contributed by atoms with E-state index in [-0.39, 0.29) is 17.5 Å². The minimum absolute atomic E-state index is 0.0339. The van der Waals surface area contributed by atoms with E-state index in [9.17, 15) is 14.0 Å². The highest BCUT2D eigenvalue weighted by Crippen LogP contribution is 2.33. The van der Waals surface area contributed by atoms with Gasteiger partial charge < -0.3 is 20.5 Å². The third-order valence-electron chi connectivity index (χ3n) is 8.48. The Balaban J connectivity index is 1.38. The van der Waals surface area contributed by atoms with Crippen molar-refractivity contribution in [3.63, 3.8) is 0 Å². The summed E-state index contributed by atoms with van der Waals surface area (Å²) in [4.78, 5) is 28.6. The summed E-state index contributed by atoms with van der Waals surface area (Å²) in [5.41, 5.74) is 9.61. The van der Waals surface area contributed by atoms with Crippen LogP contribution in [0.5, 0.6) is 0 Å². The molecule has 7 heteroatoms. The summed E-state index contributed by atoms with van der Waals surface area (Å²) >= 11 is 0. The zero-order valence-corrected chi connectivity index (χ0v) is 22.1. The molecular weight excluding hydrogens is 479 g/mol. The van der Waals surface area contributed by atoms with Gasteiger partial charge in [-0.2, -0.15) is 0 Å². The first kappa shape index (κ1) is 25.3. The molecule has 2 saturated carbocycles. The van der Waals surface area contributed by atoms with Gasteiger partial charge in [-0.05, 0) is 123 Å². The second-order valence-corrected chi connectivity index (χ2v) is 11.6. The minimum atomic E-state index is -0.396. The Hall–Kier alpha value is -3.03. The molecule has 1 amide bonds. The van der Waals surface area contributed by atoms with Crippen molar-refractivity contribution in [3.05, 3.63) is 69.4 Å². The van der Waals surface area contributed by atoms with Gasteiger partial charge in [0.05, 0.1) is 0 Å². The molecule has 3 fully saturated rings. The van der Waals surface area contributed by atoms with E-state index in [0.717, 1.165) is 74.8 Å². The first-order valence-corrected chi connectivity index (χ1v) is 14.1. The Morgan fingerprint density at radius 1 is 1.05 bits per heavy atom. The van der Waals surface area contributed by atoms with Crippen LogP contribution in [0.3, 0.4) is 0 Å². The van der Waals surface area contributed by atoms with Crippen LogP contribution in [0.1, 0.15) is 60.0 Å². The number of hydrogen-bond donors (Lipinski definition) is 2. The third kappa shape index (κ3) is 5.40. The first-order valence-electron chi connectivity index (χ1n) is 14.1. The molecule has 1 aromatic heterocycles. The normalized spacial score (nSPS) is 18.7. The number of nitrogens with zero attached hydrogens (tertiary/aromatic N) is 2. The molecule has 1 saturated heterocycles. The summed E-state index contributed by atoms with van der Waals surface area (Å²) in [6.07, 6.45) is 9.23. The Labute approximate surface area is 223 Å². The zero-order valence-electron chi connectivity index (χ0n) is 22.1. The van der Waals surface area contributed by atoms with Gasteiger partial charge in [0.25, 0.3) is 11.5 Å². The predicted octanol–water partition coefficient (Wildman–Crippen LogP) is 4.38. The van der Waals surface area contributed by atoms with Gasteiger partial charge in [0.2, 0.25) is 0 Å². The SMILES string of the molecule is Cc1c(F)cc(C(=O)NC2CC2)cc1-c1ccc2c(=O)n(CC3CC3)cc(CCN3CCC(N)CC3)c2c1. The van der Waals surface area contributed by atoms with E-state index in [1.54, 1.807) is 13.0 Å². The summed E-state index contributed by atoms with van der Waals surface area (Å²) in [6.45, 7) is 5.43. The molecule has 0 unspecified atom stereocenters. The number of halogens is 1. The van der Waals surface area contributed by atoms with Gasteiger partial charge in [-0.1, -0.05) is 6.07 Å². The Bertz CT molecular complexity index is 1430. The molecule has 6 rings (SSSR count). The van der Waals surface area contributed by atoms with E-state index in [0.29, 0.717) is 34.0 Å². The fourth-order valence-electron chi connectivity index (χ4n) is 5.61. The number of pyridine rings is 1. The highest BCUT2D eigenvalue weighted by molar-refractivity contribution is 5.97. The maximum absolute atomic E-state index is 15.0.